The van der Waals surface area contributed by atoms with E-state index in [4.69, 9.17) is 9.47 Å². The monoisotopic (exact) mass is 480 g/mol. The van der Waals surface area contributed by atoms with Crippen LogP contribution in [-0.4, -0.2) is 12.6 Å². The van der Waals surface area contributed by atoms with Gasteiger partial charge in [0.15, 0.2) is 17.4 Å². The molecule has 0 atom stereocenters. The predicted molar refractivity (Wildman–Crippen MR) is 127 cm³/mol. The number of hydrogen-bond donors (Lipinski definition) is 0. The fourth-order valence-corrected chi connectivity index (χ4v) is 4.78. The number of carbonyl (C=O) groups is 1. The van der Waals surface area contributed by atoms with Gasteiger partial charge in [0.2, 0.25) is 0 Å². The summed E-state index contributed by atoms with van der Waals surface area (Å²) in [6, 6.07) is 9.06. The number of halogens is 2. The van der Waals surface area contributed by atoms with Crippen LogP contribution in [0.15, 0.2) is 24.3 Å². The number of carbonyl (C=O) groups excluding carboxylic acids is 1. The molecular formula is C28H30F2N2O3. The zero-order chi connectivity index (χ0) is 25.4. The van der Waals surface area contributed by atoms with Crippen LogP contribution in [0.2, 0.25) is 0 Å². The van der Waals surface area contributed by atoms with E-state index in [0.717, 1.165) is 25.7 Å². The summed E-state index contributed by atoms with van der Waals surface area (Å²) in [6.07, 6.45) is 8.39. The lowest BCUT2D eigenvalue weighted by Crippen LogP contribution is -2.17. The molecule has 35 heavy (non-hydrogen) atoms. The standard InChI is InChI=1S/C28H30F2N2O3/c1-3-5-6-7-18-8-10-19(11-9-18)20-12-13-21(27(30)26(20)29)28(33)35-25-15-14-24(34-4-2)22(16-31)23(25)17-32/h12-15,18-19H,3-11H2,1-2H3. The third kappa shape index (κ3) is 5.98. The van der Waals surface area contributed by atoms with Crippen LogP contribution < -0.4 is 9.47 Å². The molecule has 2 aromatic rings. The summed E-state index contributed by atoms with van der Waals surface area (Å²) in [7, 11) is 0. The number of esters is 1. The van der Waals surface area contributed by atoms with Gasteiger partial charge in [0.25, 0.3) is 0 Å². The molecule has 1 aliphatic carbocycles. The second-order valence-electron chi connectivity index (χ2n) is 8.90. The molecule has 0 heterocycles. The minimum absolute atomic E-state index is 0.0773. The van der Waals surface area contributed by atoms with Crippen molar-refractivity contribution in [3.63, 3.8) is 0 Å². The number of benzene rings is 2. The smallest absolute Gasteiger partial charge is 0.346 e. The van der Waals surface area contributed by atoms with Gasteiger partial charge in [-0.1, -0.05) is 38.7 Å². The number of rotatable bonds is 9. The molecule has 0 aromatic heterocycles. The van der Waals surface area contributed by atoms with Gasteiger partial charge in [-0.25, -0.2) is 13.6 Å². The van der Waals surface area contributed by atoms with Gasteiger partial charge in [-0.3, -0.25) is 0 Å². The highest BCUT2D eigenvalue weighted by Gasteiger charge is 2.28. The first-order chi connectivity index (χ1) is 16.9. The Kier molecular flexibility index (Phi) is 9.20. The van der Waals surface area contributed by atoms with Crippen molar-refractivity contribution >= 4 is 5.97 Å². The lowest BCUT2D eigenvalue weighted by Gasteiger charge is -2.29. The molecule has 5 nitrogen and oxygen atoms in total. The van der Waals surface area contributed by atoms with Crippen LogP contribution in [0.3, 0.4) is 0 Å². The fraction of sp³-hybridized carbons (Fsp3) is 0.464. The van der Waals surface area contributed by atoms with Gasteiger partial charge >= 0.3 is 5.97 Å². The van der Waals surface area contributed by atoms with Gasteiger partial charge in [-0.2, -0.15) is 10.5 Å². The summed E-state index contributed by atoms with van der Waals surface area (Å²) >= 11 is 0. The van der Waals surface area contributed by atoms with Crippen LogP contribution >= 0.6 is 0 Å². The van der Waals surface area contributed by atoms with Crippen molar-refractivity contribution in [1.29, 1.82) is 10.5 Å². The molecule has 1 aliphatic rings. The van der Waals surface area contributed by atoms with Gasteiger partial charge in [-0.15, -0.1) is 0 Å². The van der Waals surface area contributed by atoms with Crippen LogP contribution in [0, 0.1) is 40.2 Å². The van der Waals surface area contributed by atoms with E-state index in [9.17, 15) is 24.1 Å². The Morgan fingerprint density at radius 1 is 0.943 bits per heavy atom. The third-order valence-electron chi connectivity index (χ3n) is 6.69. The van der Waals surface area contributed by atoms with E-state index in [2.05, 4.69) is 6.92 Å². The molecule has 0 spiro atoms. The van der Waals surface area contributed by atoms with Crippen molar-refractivity contribution in [2.45, 2.75) is 71.1 Å². The molecule has 2 aromatic carbocycles. The predicted octanol–water partition coefficient (Wildman–Crippen LogP) is 7.18. The Morgan fingerprint density at radius 3 is 2.23 bits per heavy atom. The first kappa shape index (κ1) is 26.2. The zero-order valence-electron chi connectivity index (χ0n) is 20.2. The Bertz CT molecular complexity index is 1140. The molecule has 0 amide bonds. The minimum atomic E-state index is -1.26. The molecule has 3 rings (SSSR count). The first-order valence-corrected chi connectivity index (χ1v) is 12.2. The molecule has 0 radical (unpaired) electrons. The van der Waals surface area contributed by atoms with E-state index < -0.39 is 23.2 Å². The molecule has 0 aliphatic heterocycles. The van der Waals surface area contributed by atoms with Gasteiger partial charge in [0, 0.05) is 0 Å². The topological polar surface area (TPSA) is 83.1 Å². The van der Waals surface area contributed by atoms with Crippen molar-refractivity contribution in [2.24, 2.45) is 5.92 Å². The highest BCUT2D eigenvalue weighted by Crippen LogP contribution is 2.39. The summed E-state index contributed by atoms with van der Waals surface area (Å²) < 4.78 is 40.5. The average molecular weight is 481 g/mol. The van der Waals surface area contributed by atoms with Gasteiger partial charge < -0.3 is 9.47 Å². The van der Waals surface area contributed by atoms with Crippen LogP contribution in [0.25, 0.3) is 0 Å². The molecule has 0 bridgehead atoms. The second kappa shape index (κ2) is 12.3. The highest BCUT2D eigenvalue weighted by atomic mass is 19.2. The van der Waals surface area contributed by atoms with Crippen molar-refractivity contribution < 1.29 is 23.0 Å². The van der Waals surface area contributed by atoms with Crippen molar-refractivity contribution in [1.82, 2.24) is 0 Å². The molecular weight excluding hydrogens is 450 g/mol. The number of hydrogen-bond acceptors (Lipinski definition) is 5. The normalized spacial score (nSPS) is 17.3. The summed E-state index contributed by atoms with van der Waals surface area (Å²) in [5.74, 6) is -2.91. The Hall–Kier alpha value is -3.45. The number of unbranched alkanes of at least 4 members (excludes halogenated alkanes) is 2. The number of ether oxygens (including phenoxy) is 2. The molecule has 184 valence electrons. The second-order valence-corrected chi connectivity index (χ2v) is 8.90. The maximum Gasteiger partial charge on any atom is 0.346 e. The van der Waals surface area contributed by atoms with Crippen molar-refractivity contribution in [3.8, 4) is 23.6 Å². The quantitative estimate of drug-likeness (QED) is 0.216. The highest BCUT2D eigenvalue weighted by molar-refractivity contribution is 5.92. The van der Waals surface area contributed by atoms with Crippen LogP contribution in [0.4, 0.5) is 8.78 Å². The first-order valence-electron chi connectivity index (χ1n) is 12.2. The summed E-state index contributed by atoms with van der Waals surface area (Å²) in [5.41, 5.74) is -0.570. The molecule has 0 unspecified atom stereocenters. The third-order valence-corrected chi connectivity index (χ3v) is 6.69. The van der Waals surface area contributed by atoms with Crippen LogP contribution in [0.5, 0.6) is 11.5 Å². The number of nitrogens with zero attached hydrogens (tertiary/aromatic N) is 2. The average Bonchev–Trinajstić information content (AvgIpc) is 2.87. The molecule has 1 saturated carbocycles. The van der Waals surface area contributed by atoms with Crippen LogP contribution in [0.1, 0.15) is 98.2 Å². The lowest BCUT2D eigenvalue weighted by atomic mass is 9.76. The summed E-state index contributed by atoms with van der Waals surface area (Å²) in [5, 5.41) is 18.9. The van der Waals surface area contributed by atoms with E-state index >= 15 is 0 Å². The summed E-state index contributed by atoms with van der Waals surface area (Å²) in [4.78, 5) is 12.7. The van der Waals surface area contributed by atoms with Gasteiger partial charge in [-0.05, 0) is 68.2 Å². The van der Waals surface area contributed by atoms with E-state index in [1.807, 2.05) is 12.1 Å². The molecule has 7 heteroatoms. The van der Waals surface area contributed by atoms with Crippen LogP contribution in [-0.2, 0) is 0 Å². The Labute approximate surface area is 205 Å². The molecule has 0 N–H and O–H groups in total. The van der Waals surface area contributed by atoms with E-state index in [-0.39, 0.29) is 40.7 Å². The maximum atomic E-state index is 15.0. The van der Waals surface area contributed by atoms with Gasteiger partial charge in [0.05, 0.1) is 12.2 Å². The zero-order valence-corrected chi connectivity index (χ0v) is 20.2. The Balaban J connectivity index is 1.76. The largest absolute Gasteiger partial charge is 0.492 e. The SMILES string of the molecule is CCCCCC1CCC(c2ccc(C(=O)Oc3ccc(OCC)c(C#N)c3C#N)c(F)c2F)CC1. The van der Waals surface area contributed by atoms with Crippen molar-refractivity contribution in [2.75, 3.05) is 6.61 Å². The number of nitriles is 2. The Morgan fingerprint density at radius 2 is 1.60 bits per heavy atom. The summed E-state index contributed by atoms with van der Waals surface area (Å²) in [6.45, 7) is 4.18. The van der Waals surface area contributed by atoms with Crippen molar-refractivity contribution in [3.05, 3.63) is 58.2 Å². The van der Waals surface area contributed by atoms with E-state index in [0.29, 0.717) is 5.92 Å². The van der Waals surface area contributed by atoms with E-state index in [1.54, 1.807) is 6.92 Å². The van der Waals surface area contributed by atoms with Gasteiger partial charge in [0.1, 0.15) is 29.0 Å². The molecule has 0 saturated heterocycles. The molecule has 1 fully saturated rings. The maximum absolute atomic E-state index is 15.0. The minimum Gasteiger partial charge on any atom is -0.492 e. The lowest BCUT2D eigenvalue weighted by molar-refractivity contribution is 0.0728. The fourth-order valence-electron chi connectivity index (χ4n) is 4.78. The van der Waals surface area contributed by atoms with E-state index in [1.165, 1.54) is 49.9 Å².